The van der Waals surface area contributed by atoms with E-state index in [-0.39, 0.29) is 11.6 Å². The van der Waals surface area contributed by atoms with Gasteiger partial charge in [0.2, 0.25) is 5.88 Å². The SMILES string of the molecule is Cc1cncc(Cl)c1-c1c(O)[nH]c(C)c1O. The molecule has 0 aliphatic carbocycles. The lowest BCUT2D eigenvalue weighted by Crippen LogP contribution is -1.86. The smallest absolute Gasteiger partial charge is 0.200 e. The van der Waals surface area contributed by atoms with Gasteiger partial charge in [-0.05, 0) is 19.4 Å². The molecule has 4 nitrogen and oxygen atoms in total. The van der Waals surface area contributed by atoms with Crippen molar-refractivity contribution in [2.24, 2.45) is 0 Å². The van der Waals surface area contributed by atoms with Gasteiger partial charge >= 0.3 is 0 Å². The van der Waals surface area contributed by atoms with E-state index < -0.39 is 0 Å². The van der Waals surface area contributed by atoms with E-state index in [1.54, 1.807) is 13.1 Å². The van der Waals surface area contributed by atoms with E-state index in [0.29, 0.717) is 21.8 Å². The highest BCUT2D eigenvalue weighted by Crippen LogP contribution is 2.43. The van der Waals surface area contributed by atoms with E-state index in [4.69, 9.17) is 11.6 Å². The molecule has 0 saturated carbocycles. The monoisotopic (exact) mass is 238 g/mol. The van der Waals surface area contributed by atoms with E-state index in [2.05, 4.69) is 9.97 Å². The summed E-state index contributed by atoms with van der Waals surface area (Å²) >= 11 is 6.02. The Balaban J connectivity index is 2.77. The molecule has 0 atom stereocenters. The highest BCUT2D eigenvalue weighted by molar-refractivity contribution is 6.33. The first-order valence-corrected chi connectivity index (χ1v) is 5.11. The molecule has 2 aromatic heterocycles. The molecule has 0 radical (unpaired) electrons. The number of aromatic nitrogens is 2. The number of pyridine rings is 1. The Morgan fingerprint density at radius 2 is 1.88 bits per heavy atom. The van der Waals surface area contributed by atoms with Crippen molar-refractivity contribution in [1.29, 1.82) is 0 Å². The maximum absolute atomic E-state index is 9.85. The Morgan fingerprint density at radius 3 is 2.38 bits per heavy atom. The molecule has 0 fully saturated rings. The van der Waals surface area contributed by atoms with Crippen molar-refractivity contribution in [3.63, 3.8) is 0 Å². The molecular weight excluding hydrogens is 228 g/mol. The van der Waals surface area contributed by atoms with E-state index in [9.17, 15) is 10.2 Å². The molecule has 2 aromatic rings. The van der Waals surface area contributed by atoms with Crippen molar-refractivity contribution in [2.75, 3.05) is 0 Å². The summed E-state index contributed by atoms with van der Waals surface area (Å²) in [5, 5.41) is 20.0. The average Bonchev–Trinajstić information content (AvgIpc) is 2.44. The van der Waals surface area contributed by atoms with E-state index in [0.717, 1.165) is 5.56 Å². The molecule has 3 N–H and O–H groups in total. The fourth-order valence-electron chi connectivity index (χ4n) is 1.68. The van der Waals surface area contributed by atoms with Crippen molar-refractivity contribution in [3.05, 3.63) is 28.7 Å². The van der Waals surface area contributed by atoms with Crippen LogP contribution in [0.4, 0.5) is 0 Å². The highest BCUT2D eigenvalue weighted by Gasteiger charge is 2.19. The zero-order chi connectivity index (χ0) is 11.9. The predicted molar refractivity (Wildman–Crippen MR) is 61.8 cm³/mol. The van der Waals surface area contributed by atoms with Gasteiger partial charge in [-0.25, -0.2) is 0 Å². The average molecular weight is 239 g/mol. The number of hydrogen-bond donors (Lipinski definition) is 3. The molecule has 16 heavy (non-hydrogen) atoms. The highest BCUT2D eigenvalue weighted by atomic mass is 35.5. The topological polar surface area (TPSA) is 69.1 Å². The minimum absolute atomic E-state index is 0.00806. The van der Waals surface area contributed by atoms with Crippen LogP contribution in [0.2, 0.25) is 5.02 Å². The molecule has 0 saturated heterocycles. The first-order chi connectivity index (χ1) is 7.52. The van der Waals surface area contributed by atoms with E-state index in [1.165, 1.54) is 6.20 Å². The maximum Gasteiger partial charge on any atom is 0.200 e. The molecule has 2 rings (SSSR count). The van der Waals surface area contributed by atoms with Gasteiger partial charge in [-0.3, -0.25) is 4.98 Å². The minimum Gasteiger partial charge on any atom is -0.505 e. The summed E-state index contributed by atoms with van der Waals surface area (Å²) in [6, 6.07) is 0. The van der Waals surface area contributed by atoms with Gasteiger partial charge in [0.25, 0.3) is 0 Å². The quantitative estimate of drug-likeness (QED) is 0.716. The van der Waals surface area contributed by atoms with E-state index >= 15 is 0 Å². The largest absolute Gasteiger partial charge is 0.505 e. The second-order valence-corrected chi connectivity index (χ2v) is 4.04. The second kappa shape index (κ2) is 3.72. The molecular formula is C11H11ClN2O2. The molecule has 2 heterocycles. The maximum atomic E-state index is 9.85. The van der Waals surface area contributed by atoms with Crippen LogP contribution in [-0.4, -0.2) is 20.2 Å². The molecule has 5 heteroatoms. The summed E-state index contributed by atoms with van der Waals surface area (Å²) in [5.74, 6) is -0.0834. The van der Waals surface area contributed by atoms with E-state index in [1.807, 2.05) is 6.92 Å². The van der Waals surface area contributed by atoms with Gasteiger partial charge in [0, 0.05) is 18.0 Å². The Labute approximate surface area is 97.5 Å². The zero-order valence-electron chi connectivity index (χ0n) is 8.87. The van der Waals surface area contributed by atoms with Crippen LogP contribution in [0.15, 0.2) is 12.4 Å². The second-order valence-electron chi connectivity index (χ2n) is 3.64. The number of nitrogens with zero attached hydrogens (tertiary/aromatic N) is 1. The van der Waals surface area contributed by atoms with Gasteiger partial charge in [-0.1, -0.05) is 11.6 Å². The molecule has 0 aromatic carbocycles. The van der Waals surface area contributed by atoms with Gasteiger partial charge in [-0.15, -0.1) is 0 Å². The Bertz CT molecular complexity index is 529. The molecule has 0 amide bonds. The molecule has 0 spiro atoms. The third-order valence-corrected chi connectivity index (χ3v) is 2.76. The van der Waals surface area contributed by atoms with Gasteiger partial charge in [0.1, 0.15) is 5.75 Å². The van der Waals surface area contributed by atoms with Crippen LogP contribution in [0.5, 0.6) is 11.6 Å². The molecule has 0 bridgehead atoms. The first-order valence-electron chi connectivity index (χ1n) is 4.73. The normalized spacial score (nSPS) is 10.7. The fraction of sp³-hybridized carbons (Fsp3) is 0.182. The lowest BCUT2D eigenvalue weighted by molar-refractivity contribution is 0.455. The number of hydrogen-bond acceptors (Lipinski definition) is 3. The summed E-state index contributed by atoms with van der Waals surface area (Å²) < 4.78 is 0. The third kappa shape index (κ3) is 1.51. The number of aromatic hydroxyl groups is 2. The minimum atomic E-state index is -0.0915. The predicted octanol–water partition coefficient (Wildman–Crippen LogP) is 2.76. The molecule has 0 unspecified atom stereocenters. The Hall–Kier alpha value is -1.68. The van der Waals surface area contributed by atoms with Crippen LogP contribution in [0.1, 0.15) is 11.3 Å². The Kier molecular flexibility index (Phi) is 2.52. The van der Waals surface area contributed by atoms with Crippen LogP contribution < -0.4 is 0 Å². The molecule has 84 valence electrons. The first kappa shape index (κ1) is 10.8. The van der Waals surface area contributed by atoms with Gasteiger partial charge in [-0.2, -0.15) is 0 Å². The molecule has 0 aliphatic heterocycles. The van der Waals surface area contributed by atoms with Gasteiger partial charge < -0.3 is 15.2 Å². The van der Waals surface area contributed by atoms with Crippen LogP contribution >= 0.6 is 11.6 Å². The summed E-state index contributed by atoms with van der Waals surface area (Å²) in [4.78, 5) is 6.59. The number of halogens is 1. The van der Waals surface area contributed by atoms with Crippen LogP contribution in [0, 0.1) is 13.8 Å². The summed E-state index contributed by atoms with van der Waals surface area (Å²) in [7, 11) is 0. The standard InChI is InChI=1S/C11H11ClN2O2/c1-5-3-13-4-7(12)8(5)9-10(15)6(2)14-11(9)16/h3-4,14-16H,1-2H3. The number of aromatic amines is 1. The van der Waals surface area contributed by atoms with Gasteiger partial charge in [0.15, 0.2) is 0 Å². The Morgan fingerprint density at radius 1 is 1.19 bits per heavy atom. The van der Waals surface area contributed by atoms with Crippen molar-refractivity contribution in [1.82, 2.24) is 9.97 Å². The summed E-state index contributed by atoms with van der Waals surface area (Å²) in [6.45, 7) is 3.48. The van der Waals surface area contributed by atoms with Crippen molar-refractivity contribution in [2.45, 2.75) is 13.8 Å². The fourth-order valence-corrected chi connectivity index (χ4v) is 1.98. The van der Waals surface area contributed by atoms with Crippen molar-refractivity contribution in [3.8, 4) is 22.8 Å². The van der Waals surface area contributed by atoms with Gasteiger partial charge in [0.05, 0.1) is 16.3 Å². The zero-order valence-corrected chi connectivity index (χ0v) is 9.63. The number of aryl methyl sites for hydroxylation is 2. The summed E-state index contributed by atoms with van der Waals surface area (Å²) in [6.07, 6.45) is 3.10. The number of H-pyrrole nitrogens is 1. The summed E-state index contributed by atoms with van der Waals surface area (Å²) in [5.41, 5.74) is 2.20. The third-order valence-electron chi connectivity index (χ3n) is 2.47. The molecule has 0 aliphatic rings. The number of rotatable bonds is 1. The lowest BCUT2D eigenvalue weighted by Gasteiger charge is -2.06. The van der Waals surface area contributed by atoms with Crippen LogP contribution in [-0.2, 0) is 0 Å². The van der Waals surface area contributed by atoms with Crippen molar-refractivity contribution >= 4 is 11.6 Å². The van der Waals surface area contributed by atoms with Crippen molar-refractivity contribution < 1.29 is 10.2 Å². The lowest BCUT2D eigenvalue weighted by atomic mass is 10.0. The van der Waals surface area contributed by atoms with Crippen LogP contribution in [0.3, 0.4) is 0 Å². The number of nitrogens with one attached hydrogen (secondary N) is 1. The van der Waals surface area contributed by atoms with Crippen LogP contribution in [0.25, 0.3) is 11.1 Å².